The lowest BCUT2D eigenvalue weighted by Gasteiger charge is -2.19. The molecule has 0 saturated carbocycles. The van der Waals surface area contributed by atoms with E-state index in [0.717, 1.165) is 62.3 Å². The second-order valence-electron chi connectivity index (χ2n) is 10.9. The number of rotatable bonds is 8. The van der Waals surface area contributed by atoms with Gasteiger partial charge in [0.1, 0.15) is 11.9 Å². The van der Waals surface area contributed by atoms with Gasteiger partial charge in [0, 0.05) is 30.9 Å². The van der Waals surface area contributed by atoms with Crippen LogP contribution in [0.5, 0.6) is 5.75 Å². The number of halogens is 1. The van der Waals surface area contributed by atoms with Crippen molar-refractivity contribution in [1.82, 2.24) is 4.90 Å². The molecule has 40 heavy (non-hydrogen) atoms. The average Bonchev–Trinajstić information content (AvgIpc) is 3.35. The maximum absolute atomic E-state index is 12.6. The average molecular weight is 533 g/mol. The van der Waals surface area contributed by atoms with Crippen molar-refractivity contribution in [2.45, 2.75) is 38.2 Å². The lowest BCUT2D eigenvalue weighted by molar-refractivity contribution is 0.198. The van der Waals surface area contributed by atoms with Crippen molar-refractivity contribution >= 4 is 16.8 Å². The molecule has 0 bridgehead atoms. The summed E-state index contributed by atoms with van der Waals surface area (Å²) in [5.74, 6) is 0.895. The third-order valence-electron chi connectivity index (χ3n) is 8.23. The van der Waals surface area contributed by atoms with E-state index in [1.165, 1.54) is 39.0 Å². The predicted molar refractivity (Wildman–Crippen MR) is 164 cm³/mol. The number of nitrogens with two attached hydrogens (primary N) is 1. The van der Waals surface area contributed by atoms with Crippen molar-refractivity contribution in [1.29, 1.82) is 0 Å². The number of nitrogens with zero attached hydrogens (tertiary/aromatic N) is 1. The SMILES string of the molecule is Nc1ccccc1-c1ccc2c(c1)CCCC(c1ccccc1)=C2c1ccc(OC2CCN(CCCF)C2)cc1. The van der Waals surface area contributed by atoms with E-state index in [1.807, 2.05) is 18.2 Å². The highest BCUT2D eigenvalue weighted by molar-refractivity contribution is 6.00. The summed E-state index contributed by atoms with van der Waals surface area (Å²) in [5.41, 5.74) is 17.2. The Morgan fingerprint density at radius 1 is 0.800 bits per heavy atom. The molecule has 6 rings (SSSR count). The summed E-state index contributed by atoms with van der Waals surface area (Å²) in [7, 11) is 0. The van der Waals surface area contributed by atoms with E-state index < -0.39 is 0 Å². The van der Waals surface area contributed by atoms with Gasteiger partial charge in [-0.1, -0.05) is 78.9 Å². The van der Waals surface area contributed by atoms with E-state index in [0.29, 0.717) is 6.42 Å². The fourth-order valence-electron chi connectivity index (χ4n) is 6.25. The molecule has 2 N–H and O–H groups in total. The van der Waals surface area contributed by atoms with Gasteiger partial charge in [-0.15, -0.1) is 0 Å². The molecule has 3 nitrogen and oxygen atoms in total. The molecule has 0 aromatic heterocycles. The molecular formula is C36H37FN2O. The molecule has 204 valence electrons. The van der Waals surface area contributed by atoms with Crippen LogP contribution in [0.3, 0.4) is 0 Å². The van der Waals surface area contributed by atoms with Crippen molar-refractivity contribution in [2.75, 3.05) is 32.0 Å². The molecule has 0 radical (unpaired) electrons. The van der Waals surface area contributed by atoms with E-state index in [-0.39, 0.29) is 12.8 Å². The summed E-state index contributed by atoms with van der Waals surface area (Å²) in [6, 6.07) is 34.4. The zero-order valence-electron chi connectivity index (χ0n) is 23.0. The number of allylic oxidation sites excluding steroid dienone is 1. The first-order chi connectivity index (χ1) is 19.7. The van der Waals surface area contributed by atoms with Crippen LogP contribution in [0.25, 0.3) is 22.3 Å². The van der Waals surface area contributed by atoms with Gasteiger partial charge in [0.2, 0.25) is 0 Å². The Kier molecular flexibility index (Phi) is 7.97. The molecule has 1 fully saturated rings. The number of alkyl halides is 1. The highest BCUT2D eigenvalue weighted by atomic mass is 19.1. The van der Waals surface area contributed by atoms with Gasteiger partial charge in [0.05, 0.1) is 6.67 Å². The number of anilines is 1. The lowest BCUT2D eigenvalue weighted by Crippen LogP contribution is -2.26. The summed E-state index contributed by atoms with van der Waals surface area (Å²) < 4.78 is 18.9. The van der Waals surface area contributed by atoms with E-state index in [1.54, 1.807) is 0 Å². The molecule has 1 aliphatic heterocycles. The number of fused-ring (bicyclic) bond motifs is 1. The standard InChI is InChI=1S/C36H37FN2O/c37-21-7-22-39-23-20-31(25-39)40-30-17-14-27(15-18-30)36-33(26-8-2-1-3-9-26)12-6-10-28-24-29(16-19-34(28)36)32-11-4-5-13-35(32)38/h1-5,8-9,11,13-19,24,31H,6-7,10,12,20-23,25,38H2. The molecule has 0 spiro atoms. The van der Waals surface area contributed by atoms with Gasteiger partial charge in [-0.2, -0.15) is 0 Å². The maximum atomic E-state index is 12.6. The van der Waals surface area contributed by atoms with Crippen LogP contribution in [-0.4, -0.2) is 37.3 Å². The monoisotopic (exact) mass is 532 g/mol. The third kappa shape index (κ3) is 5.68. The van der Waals surface area contributed by atoms with Crippen LogP contribution in [0.15, 0.2) is 97.1 Å². The summed E-state index contributed by atoms with van der Waals surface area (Å²) in [6.07, 6.45) is 4.88. The highest BCUT2D eigenvalue weighted by Gasteiger charge is 2.24. The molecule has 1 saturated heterocycles. The van der Waals surface area contributed by atoms with Gasteiger partial charge in [0.15, 0.2) is 0 Å². The van der Waals surface area contributed by atoms with Crippen LogP contribution in [-0.2, 0) is 6.42 Å². The summed E-state index contributed by atoms with van der Waals surface area (Å²) in [6.45, 7) is 2.40. The topological polar surface area (TPSA) is 38.5 Å². The van der Waals surface area contributed by atoms with Crippen LogP contribution < -0.4 is 10.5 Å². The number of hydrogen-bond donors (Lipinski definition) is 1. The van der Waals surface area contributed by atoms with E-state index in [2.05, 4.69) is 83.8 Å². The number of likely N-dealkylation sites (tertiary alicyclic amines) is 1. The normalized spacial score (nSPS) is 17.5. The minimum absolute atomic E-state index is 0.159. The molecule has 1 unspecified atom stereocenters. The fraction of sp³-hybridized carbons (Fsp3) is 0.278. The third-order valence-corrected chi connectivity index (χ3v) is 8.23. The molecule has 0 amide bonds. The Morgan fingerprint density at radius 3 is 2.38 bits per heavy atom. The Bertz CT molecular complexity index is 1480. The van der Waals surface area contributed by atoms with E-state index in [4.69, 9.17) is 10.5 Å². The van der Waals surface area contributed by atoms with Crippen molar-refractivity contribution in [3.63, 3.8) is 0 Å². The van der Waals surface area contributed by atoms with Gasteiger partial charge < -0.3 is 10.5 Å². The van der Waals surface area contributed by atoms with Crippen LogP contribution in [0, 0.1) is 0 Å². The minimum Gasteiger partial charge on any atom is -0.489 e. The number of hydrogen-bond acceptors (Lipinski definition) is 3. The van der Waals surface area contributed by atoms with Gasteiger partial charge >= 0.3 is 0 Å². The second kappa shape index (κ2) is 12.1. The summed E-state index contributed by atoms with van der Waals surface area (Å²) in [5, 5.41) is 0. The van der Waals surface area contributed by atoms with Gasteiger partial charge in [-0.05, 0) is 89.3 Å². The molecule has 1 aliphatic carbocycles. The van der Waals surface area contributed by atoms with Crippen LogP contribution in [0.4, 0.5) is 10.1 Å². The Morgan fingerprint density at radius 2 is 1.57 bits per heavy atom. The van der Waals surface area contributed by atoms with Crippen molar-refractivity contribution < 1.29 is 9.13 Å². The van der Waals surface area contributed by atoms with Crippen LogP contribution in [0.2, 0.25) is 0 Å². The first kappa shape index (κ1) is 26.3. The maximum Gasteiger partial charge on any atom is 0.119 e. The fourth-order valence-corrected chi connectivity index (χ4v) is 6.25. The Labute approximate surface area is 237 Å². The largest absolute Gasteiger partial charge is 0.489 e. The summed E-state index contributed by atoms with van der Waals surface area (Å²) >= 11 is 0. The zero-order chi connectivity index (χ0) is 27.3. The molecule has 1 atom stereocenters. The minimum atomic E-state index is -0.255. The second-order valence-corrected chi connectivity index (χ2v) is 10.9. The Hall–Kier alpha value is -3.89. The molecule has 4 aromatic rings. The number of ether oxygens (including phenoxy) is 1. The first-order valence-electron chi connectivity index (χ1n) is 14.5. The molecule has 4 aromatic carbocycles. The van der Waals surface area contributed by atoms with Crippen LogP contribution >= 0.6 is 0 Å². The predicted octanol–water partition coefficient (Wildman–Crippen LogP) is 8.04. The van der Waals surface area contributed by atoms with Gasteiger partial charge in [0.25, 0.3) is 0 Å². The number of aryl methyl sites for hydroxylation is 1. The van der Waals surface area contributed by atoms with Crippen molar-refractivity contribution in [2.24, 2.45) is 0 Å². The van der Waals surface area contributed by atoms with Gasteiger partial charge in [-0.3, -0.25) is 9.29 Å². The van der Waals surface area contributed by atoms with Crippen molar-refractivity contribution in [3.8, 4) is 16.9 Å². The van der Waals surface area contributed by atoms with Gasteiger partial charge in [-0.25, -0.2) is 0 Å². The smallest absolute Gasteiger partial charge is 0.119 e. The molecule has 4 heteroatoms. The lowest BCUT2D eigenvalue weighted by atomic mass is 9.87. The number of nitrogen functional groups attached to an aromatic ring is 1. The Balaban J connectivity index is 1.34. The van der Waals surface area contributed by atoms with E-state index in [9.17, 15) is 4.39 Å². The number of benzene rings is 4. The first-order valence-corrected chi connectivity index (χ1v) is 14.5. The number of para-hydroxylation sites is 1. The zero-order valence-corrected chi connectivity index (χ0v) is 23.0. The molecule has 2 aliphatic rings. The quantitative estimate of drug-likeness (QED) is 0.233. The van der Waals surface area contributed by atoms with E-state index >= 15 is 0 Å². The highest BCUT2D eigenvalue weighted by Crippen LogP contribution is 2.41. The van der Waals surface area contributed by atoms with Crippen molar-refractivity contribution in [3.05, 3.63) is 119 Å². The molecule has 1 heterocycles. The molecular weight excluding hydrogens is 495 g/mol. The summed E-state index contributed by atoms with van der Waals surface area (Å²) in [4.78, 5) is 2.30. The van der Waals surface area contributed by atoms with Crippen LogP contribution in [0.1, 0.15) is 47.9 Å².